The van der Waals surface area contributed by atoms with Gasteiger partial charge in [-0.05, 0) is 43.9 Å². The highest BCUT2D eigenvalue weighted by molar-refractivity contribution is 5.94. The van der Waals surface area contributed by atoms with Crippen LogP contribution in [0.5, 0.6) is 5.75 Å². The van der Waals surface area contributed by atoms with Gasteiger partial charge in [0.15, 0.2) is 0 Å². The molecule has 0 spiro atoms. The molecule has 1 aromatic carbocycles. The maximum Gasteiger partial charge on any atom is 0.337 e. The van der Waals surface area contributed by atoms with Gasteiger partial charge in [-0.2, -0.15) is 0 Å². The minimum Gasteiger partial charge on any atom is -0.490 e. The second kappa shape index (κ2) is 5.76. The quantitative estimate of drug-likeness (QED) is 0.638. The van der Waals surface area contributed by atoms with Crippen molar-refractivity contribution in [2.75, 3.05) is 5.73 Å². The van der Waals surface area contributed by atoms with Crippen molar-refractivity contribution < 1.29 is 14.6 Å². The fourth-order valence-electron chi connectivity index (χ4n) is 2.35. The average molecular weight is 249 g/mol. The number of hydrogen-bond donors (Lipinski definition) is 2. The number of rotatable bonds is 3. The van der Waals surface area contributed by atoms with Gasteiger partial charge in [-0.25, -0.2) is 4.79 Å². The van der Waals surface area contributed by atoms with E-state index in [0.29, 0.717) is 5.75 Å². The molecular weight excluding hydrogens is 230 g/mol. The predicted octanol–water partition coefficient (Wildman–Crippen LogP) is 3.07. The number of carboxylic acid groups (broad SMARTS) is 1. The number of carboxylic acids is 1. The van der Waals surface area contributed by atoms with Crippen LogP contribution in [-0.4, -0.2) is 17.2 Å². The average Bonchev–Trinajstić information content (AvgIpc) is 2.60. The standard InChI is InChI=1S/C14H19NO3/c15-13-8-7-11(9-12(13)14(16)17)18-10-5-3-1-2-4-6-10/h7-10H,1-6,15H2,(H,16,17). The first-order chi connectivity index (χ1) is 8.66. The summed E-state index contributed by atoms with van der Waals surface area (Å²) in [4.78, 5) is 11.0. The molecule has 1 saturated carbocycles. The summed E-state index contributed by atoms with van der Waals surface area (Å²) in [7, 11) is 0. The molecule has 0 bridgehead atoms. The SMILES string of the molecule is Nc1ccc(OC2CCCCCC2)cc1C(=O)O. The van der Waals surface area contributed by atoms with E-state index in [0.717, 1.165) is 12.8 Å². The van der Waals surface area contributed by atoms with Crippen LogP contribution in [0.25, 0.3) is 0 Å². The van der Waals surface area contributed by atoms with E-state index in [4.69, 9.17) is 15.6 Å². The number of anilines is 1. The third-order valence-electron chi connectivity index (χ3n) is 3.36. The molecule has 0 aliphatic heterocycles. The molecular formula is C14H19NO3. The normalized spacial score (nSPS) is 17.1. The third-order valence-corrected chi connectivity index (χ3v) is 3.36. The van der Waals surface area contributed by atoms with Gasteiger partial charge < -0.3 is 15.6 Å². The van der Waals surface area contributed by atoms with Gasteiger partial charge in [0.05, 0.1) is 11.7 Å². The highest BCUT2D eigenvalue weighted by Gasteiger charge is 2.15. The van der Waals surface area contributed by atoms with E-state index >= 15 is 0 Å². The fourth-order valence-corrected chi connectivity index (χ4v) is 2.35. The van der Waals surface area contributed by atoms with Gasteiger partial charge in [-0.1, -0.05) is 12.8 Å². The van der Waals surface area contributed by atoms with Crippen LogP contribution in [0.2, 0.25) is 0 Å². The Morgan fingerprint density at radius 2 is 1.89 bits per heavy atom. The van der Waals surface area contributed by atoms with Crippen LogP contribution in [0.3, 0.4) is 0 Å². The van der Waals surface area contributed by atoms with Crippen molar-refractivity contribution >= 4 is 11.7 Å². The van der Waals surface area contributed by atoms with Gasteiger partial charge in [0.25, 0.3) is 0 Å². The molecule has 4 nitrogen and oxygen atoms in total. The van der Waals surface area contributed by atoms with Crippen LogP contribution in [-0.2, 0) is 0 Å². The first-order valence-electron chi connectivity index (χ1n) is 6.46. The summed E-state index contributed by atoms with van der Waals surface area (Å²) in [6, 6.07) is 4.85. The molecule has 1 fully saturated rings. The smallest absolute Gasteiger partial charge is 0.337 e. The number of benzene rings is 1. The van der Waals surface area contributed by atoms with Crippen LogP contribution >= 0.6 is 0 Å². The molecule has 1 aliphatic rings. The Balaban J connectivity index is 2.08. The Bertz CT molecular complexity index is 423. The molecule has 1 aromatic rings. The molecule has 0 heterocycles. The molecule has 1 aliphatic carbocycles. The summed E-state index contributed by atoms with van der Waals surface area (Å²) in [5, 5.41) is 9.01. The van der Waals surface area contributed by atoms with Gasteiger partial charge >= 0.3 is 5.97 Å². The van der Waals surface area contributed by atoms with Gasteiger partial charge in [0.1, 0.15) is 5.75 Å². The molecule has 0 amide bonds. The van der Waals surface area contributed by atoms with E-state index < -0.39 is 5.97 Å². The van der Waals surface area contributed by atoms with Crippen LogP contribution in [0.15, 0.2) is 18.2 Å². The van der Waals surface area contributed by atoms with Crippen LogP contribution < -0.4 is 10.5 Å². The molecule has 3 N–H and O–H groups in total. The summed E-state index contributed by atoms with van der Waals surface area (Å²) < 4.78 is 5.86. The first-order valence-corrected chi connectivity index (χ1v) is 6.46. The van der Waals surface area contributed by atoms with E-state index in [2.05, 4.69) is 0 Å². The van der Waals surface area contributed by atoms with Crippen LogP contribution in [0.4, 0.5) is 5.69 Å². The summed E-state index contributed by atoms with van der Waals surface area (Å²) in [6.07, 6.45) is 7.21. The van der Waals surface area contributed by atoms with Gasteiger partial charge in [-0.15, -0.1) is 0 Å². The topological polar surface area (TPSA) is 72.5 Å². The Morgan fingerprint density at radius 1 is 1.22 bits per heavy atom. The molecule has 98 valence electrons. The molecule has 2 rings (SSSR count). The highest BCUT2D eigenvalue weighted by Crippen LogP contribution is 2.25. The number of carbonyl (C=O) groups is 1. The summed E-state index contributed by atoms with van der Waals surface area (Å²) in [6.45, 7) is 0. The Labute approximate surface area is 107 Å². The summed E-state index contributed by atoms with van der Waals surface area (Å²) in [5.41, 5.74) is 6.00. The zero-order chi connectivity index (χ0) is 13.0. The summed E-state index contributed by atoms with van der Waals surface area (Å²) in [5.74, 6) is -0.410. The predicted molar refractivity (Wildman–Crippen MR) is 69.9 cm³/mol. The highest BCUT2D eigenvalue weighted by atomic mass is 16.5. The lowest BCUT2D eigenvalue weighted by molar-refractivity contribution is 0.0697. The lowest BCUT2D eigenvalue weighted by Crippen LogP contribution is -2.15. The van der Waals surface area contributed by atoms with E-state index in [-0.39, 0.29) is 17.4 Å². The third kappa shape index (κ3) is 3.15. The van der Waals surface area contributed by atoms with Gasteiger partial charge in [-0.3, -0.25) is 0 Å². The lowest BCUT2D eigenvalue weighted by atomic mass is 10.1. The number of ether oxygens (including phenoxy) is 1. The molecule has 0 unspecified atom stereocenters. The van der Waals surface area contributed by atoms with Crippen molar-refractivity contribution in [2.24, 2.45) is 0 Å². The van der Waals surface area contributed by atoms with Crippen molar-refractivity contribution in [2.45, 2.75) is 44.6 Å². The number of hydrogen-bond acceptors (Lipinski definition) is 3. The van der Waals surface area contributed by atoms with E-state index in [1.807, 2.05) is 0 Å². The van der Waals surface area contributed by atoms with Crippen molar-refractivity contribution in [3.05, 3.63) is 23.8 Å². The Kier molecular flexibility index (Phi) is 4.07. The van der Waals surface area contributed by atoms with Crippen molar-refractivity contribution in [1.82, 2.24) is 0 Å². The van der Waals surface area contributed by atoms with E-state index in [1.54, 1.807) is 12.1 Å². The minimum absolute atomic E-state index is 0.112. The monoisotopic (exact) mass is 249 g/mol. The zero-order valence-corrected chi connectivity index (χ0v) is 10.4. The second-order valence-electron chi connectivity index (χ2n) is 4.79. The van der Waals surface area contributed by atoms with E-state index in [1.165, 1.54) is 31.7 Å². The van der Waals surface area contributed by atoms with Crippen molar-refractivity contribution in [3.8, 4) is 5.75 Å². The lowest BCUT2D eigenvalue weighted by Gasteiger charge is -2.17. The van der Waals surface area contributed by atoms with Crippen molar-refractivity contribution in [1.29, 1.82) is 0 Å². The van der Waals surface area contributed by atoms with Crippen LogP contribution in [0.1, 0.15) is 48.9 Å². The fraction of sp³-hybridized carbons (Fsp3) is 0.500. The largest absolute Gasteiger partial charge is 0.490 e. The second-order valence-corrected chi connectivity index (χ2v) is 4.79. The first kappa shape index (κ1) is 12.7. The maximum absolute atomic E-state index is 11.0. The van der Waals surface area contributed by atoms with E-state index in [9.17, 15) is 4.79 Å². The maximum atomic E-state index is 11.0. The van der Waals surface area contributed by atoms with Gasteiger partial charge in [0.2, 0.25) is 0 Å². The molecule has 0 saturated heterocycles. The molecule has 4 heteroatoms. The molecule has 0 radical (unpaired) electrons. The Morgan fingerprint density at radius 3 is 2.50 bits per heavy atom. The Hall–Kier alpha value is -1.71. The minimum atomic E-state index is -1.01. The molecule has 0 atom stereocenters. The van der Waals surface area contributed by atoms with Crippen LogP contribution in [0, 0.1) is 0 Å². The zero-order valence-electron chi connectivity index (χ0n) is 10.4. The van der Waals surface area contributed by atoms with Crippen molar-refractivity contribution in [3.63, 3.8) is 0 Å². The number of nitrogen functional groups attached to an aromatic ring is 1. The van der Waals surface area contributed by atoms with Gasteiger partial charge in [0, 0.05) is 5.69 Å². The molecule has 0 aromatic heterocycles. The summed E-state index contributed by atoms with van der Waals surface area (Å²) >= 11 is 0. The molecule has 18 heavy (non-hydrogen) atoms. The number of nitrogens with two attached hydrogens (primary N) is 1. The number of aromatic carboxylic acids is 1.